The second-order valence-corrected chi connectivity index (χ2v) is 7.51. The summed E-state index contributed by atoms with van der Waals surface area (Å²) in [6.07, 6.45) is 1.74. The number of rotatable bonds is 5. The number of aromatic nitrogens is 2. The van der Waals surface area contributed by atoms with E-state index in [9.17, 15) is 9.59 Å². The second kappa shape index (κ2) is 7.89. The normalized spacial score (nSPS) is 17.7. The average Bonchev–Trinajstić information content (AvgIpc) is 3.33. The van der Waals surface area contributed by atoms with Crippen molar-refractivity contribution in [3.05, 3.63) is 58.4 Å². The fourth-order valence-corrected chi connectivity index (χ4v) is 3.89. The van der Waals surface area contributed by atoms with E-state index in [4.69, 9.17) is 4.42 Å². The van der Waals surface area contributed by atoms with Crippen LogP contribution >= 0.6 is 11.3 Å². The van der Waals surface area contributed by atoms with Crippen LogP contribution in [-0.4, -0.2) is 33.7 Å². The molecule has 1 aliphatic rings. The van der Waals surface area contributed by atoms with Crippen LogP contribution in [0.25, 0.3) is 10.8 Å². The topological polar surface area (TPSA) is 80.4 Å². The summed E-state index contributed by atoms with van der Waals surface area (Å²) in [7, 11) is 0. The third kappa shape index (κ3) is 4.17. The van der Waals surface area contributed by atoms with Crippen molar-refractivity contribution in [1.29, 1.82) is 0 Å². The van der Waals surface area contributed by atoms with Crippen LogP contribution in [0.5, 0.6) is 0 Å². The molecule has 27 heavy (non-hydrogen) atoms. The molecule has 8 heteroatoms. The molecule has 1 atom stereocenters. The molecule has 1 unspecified atom stereocenters. The first-order valence-corrected chi connectivity index (χ1v) is 9.77. The highest BCUT2D eigenvalue weighted by Crippen LogP contribution is 2.22. The lowest BCUT2D eigenvalue weighted by Crippen LogP contribution is -2.42. The Hall–Kier alpha value is -2.71. The number of hydrogen-bond acceptors (Lipinski definition) is 6. The molecule has 0 spiro atoms. The number of amides is 1. The lowest BCUT2D eigenvalue weighted by Gasteiger charge is -2.31. The molecule has 1 aliphatic heterocycles. The first kappa shape index (κ1) is 17.7. The van der Waals surface area contributed by atoms with Gasteiger partial charge in [0, 0.05) is 12.2 Å². The van der Waals surface area contributed by atoms with E-state index in [2.05, 4.69) is 15.3 Å². The minimum absolute atomic E-state index is 0.0117. The van der Waals surface area contributed by atoms with Crippen molar-refractivity contribution < 1.29 is 9.21 Å². The van der Waals surface area contributed by atoms with E-state index in [0.29, 0.717) is 19.1 Å². The smallest absolute Gasteiger partial charge is 0.387 e. The first-order chi connectivity index (χ1) is 13.2. The summed E-state index contributed by atoms with van der Waals surface area (Å²) in [5.41, 5.74) is 0.799. The Bertz CT molecular complexity index is 949. The molecule has 7 nitrogen and oxygen atoms in total. The summed E-state index contributed by atoms with van der Waals surface area (Å²) in [4.78, 5) is 27.5. The minimum atomic E-state index is -0.478. The van der Waals surface area contributed by atoms with E-state index in [-0.39, 0.29) is 11.8 Å². The summed E-state index contributed by atoms with van der Waals surface area (Å²) in [6.45, 7) is 1.73. The molecule has 1 N–H and O–H groups in total. The van der Waals surface area contributed by atoms with Crippen molar-refractivity contribution in [1.82, 2.24) is 14.7 Å². The number of benzene rings is 1. The standard InChI is InChI=1S/C19H20N4O3S/c24-17(20-15-7-2-1-3-8-15)14-6-4-10-22(12-14)13-23-19(25)26-18(21-23)16-9-5-11-27-16/h1-3,5,7-9,11,14H,4,6,10,12-13H2,(H,20,24). The first-order valence-electron chi connectivity index (χ1n) is 8.89. The van der Waals surface area contributed by atoms with Crippen LogP contribution < -0.4 is 11.1 Å². The summed E-state index contributed by atoms with van der Waals surface area (Å²) >= 11 is 1.47. The van der Waals surface area contributed by atoms with Gasteiger partial charge in [0.2, 0.25) is 5.91 Å². The van der Waals surface area contributed by atoms with Crippen LogP contribution in [0.1, 0.15) is 12.8 Å². The molecule has 1 saturated heterocycles. The molecule has 3 aromatic rings. The molecule has 1 fully saturated rings. The van der Waals surface area contributed by atoms with Crippen molar-refractivity contribution in [3.63, 3.8) is 0 Å². The zero-order chi connectivity index (χ0) is 18.6. The van der Waals surface area contributed by atoms with Crippen molar-refractivity contribution in [2.45, 2.75) is 19.5 Å². The van der Waals surface area contributed by atoms with Crippen LogP contribution in [0.4, 0.5) is 5.69 Å². The Balaban J connectivity index is 1.40. The highest BCUT2D eigenvalue weighted by molar-refractivity contribution is 7.13. The molecule has 0 bridgehead atoms. The van der Waals surface area contributed by atoms with Gasteiger partial charge in [-0.25, -0.2) is 4.79 Å². The lowest BCUT2D eigenvalue weighted by atomic mass is 9.97. The van der Waals surface area contributed by atoms with Gasteiger partial charge >= 0.3 is 5.76 Å². The molecule has 1 aromatic carbocycles. The summed E-state index contributed by atoms with van der Waals surface area (Å²) in [5, 5.41) is 9.16. The van der Waals surface area contributed by atoms with Gasteiger partial charge in [-0.15, -0.1) is 16.4 Å². The Morgan fingerprint density at radius 1 is 1.26 bits per heavy atom. The van der Waals surface area contributed by atoms with E-state index >= 15 is 0 Å². The van der Waals surface area contributed by atoms with Gasteiger partial charge in [-0.05, 0) is 43.0 Å². The molecule has 2 aromatic heterocycles. The van der Waals surface area contributed by atoms with Gasteiger partial charge in [0.15, 0.2) is 0 Å². The number of thiophene rings is 1. The SMILES string of the molecule is O=C(Nc1ccccc1)C1CCCN(Cn2nc(-c3cccs3)oc2=O)C1. The highest BCUT2D eigenvalue weighted by atomic mass is 32.1. The number of anilines is 1. The highest BCUT2D eigenvalue weighted by Gasteiger charge is 2.27. The van der Waals surface area contributed by atoms with Gasteiger partial charge in [0.05, 0.1) is 10.8 Å². The number of likely N-dealkylation sites (tertiary alicyclic amines) is 1. The Labute approximate surface area is 160 Å². The number of nitrogens with one attached hydrogen (secondary N) is 1. The zero-order valence-corrected chi connectivity index (χ0v) is 15.5. The second-order valence-electron chi connectivity index (χ2n) is 6.56. The predicted octanol–water partition coefficient (Wildman–Crippen LogP) is 2.87. The number of nitrogens with zero attached hydrogens (tertiary/aromatic N) is 3. The Morgan fingerprint density at radius 2 is 2.11 bits per heavy atom. The van der Waals surface area contributed by atoms with E-state index in [1.165, 1.54) is 16.0 Å². The molecule has 1 amide bonds. The average molecular weight is 384 g/mol. The number of para-hydroxylation sites is 1. The third-order valence-corrected chi connectivity index (χ3v) is 5.45. The third-order valence-electron chi connectivity index (χ3n) is 4.59. The Kier molecular flexibility index (Phi) is 5.17. The van der Waals surface area contributed by atoms with Crippen LogP contribution in [0.15, 0.2) is 57.1 Å². The molecular formula is C19H20N4O3S. The maximum Gasteiger partial charge on any atom is 0.438 e. The quantitative estimate of drug-likeness (QED) is 0.732. The Morgan fingerprint density at radius 3 is 2.89 bits per heavy atom. The lowest BCUT2D eigenvalue weighted by molar-refractivity contribution is -0.121. The number of hydrogen-bond donors (Lipinski definition) is 1. The summed E-state index contributed by atoms with van der Waals surface area (Å²) in [5.74, 6) is -0.240. The molecular weight excluding hydrogens is 364 g/mol. The van der Waals surface area contributed by atoms with Gasteiger partial charge < -0.3 is 9.73 Å². The predicted molar refractivity (Wildman–Crippen MR) is 103 cm³/mol. The minimum Gasteiger partial charge on any atom is -0.387 e. The maximum atomic E-state index is 12.6. The number of carbonyl (C=O) groups is 1. The molecule has 4 rings (SSSR count). The molecule has 0 saturated carbocycles. The van der Waals surface area contributed by atoms with Crippen LogP contribution in [0.3, 0.4) is 0 Å². The molecule has 0 aliphatic carbocycles. The maximum absolute atomic E-state index is 12.6. The zero-order valence-electron chi connectivity index (χ0n) is 14.7. The molecule has 3 heterocycles. The number of carbonyl (C=O) groups excluding carboxylic acids is 1. The van der Waals surface area contributed by atoms with Gasteiger partial charge in [0.25, 0.3) is 5.89 Å². The van der Waals surface area contributed by atoms with Crippen LogP contribution in [0, 0.1) is 5.92 Å². The monoisotopic (exact) mass is 384 g/mol. The van der Waals surface area contributed by atoms with Gasteiger partial charge in [0.1, 0.15) is 6.67 Å². The fraction of sp³-hybridized carbons (Fsp3) is 0.316. The van der Waals surface area contributed by atoms with Gasteiger partial charge in [-0.1, -0.05) is 24.3 Å². The van der Waals surface area contributed by atoms with E-state index in [1.807, 2.05) is 47.8 Å². The van der Waals surface area contributed by atoms with Gasteiger partial charge in [-0.2, -0.15) is 4.68 Å². The van der Waals surface area contributed by atoms with E-state index < -0.39 is 5.76 Å². The van der Waals surface area contributed by atoms with Gasteiger partial charge in [-0.3, -0.25) is 9.69 Å². The van der Waals surface area contributed by atoms with Crippen molar-refractivity contribution in [2.75, 3.05) is 18.4 Å². The van der Waals surface area contributed by atoms with Crippen molar-refractivity contribution in [2.24, 2.45) is 5.92 Å². The molecule has 0 radical (unpaired) electrons. The summed E-state index contributed by atoms with van der Waals surface area (Å²) < 4.78 is 6.58. The van der Waals surface area contributed by atoms with E-state index in [1.54, 1.807) is 0 Å². The van der Waals surface area contributed by atoms with Crippen molar-refractivity contribution in [3.8, 4) is 10.8 Å². The van der Waals surface area contributed by atoms with Crippen LogP contribution in [0.2, 0.25) is 0 Å². The summed E-state index contributed by atoms with van der Waals surface area (Å²) in [6, 6.07) is 13.2. The largest absolute Gasteiger partial charge is 0.438 e. The van der Waals surface area contributed by atoms with Crippen LogP contribution in [-0.2, 0) is 11.5 Å². The molecule has 140 valence electrons. The van der Waals surface area contributed by atoms with E-state index in [0.717, 1.165) is 30.0 Å². The number of piperidine rings is 1. The fourth-order valence-electron chi connectivity index (χ4n) is 3.25. The van der Waals surface area contributed by atoms with Crippen molar-refractivity contribution >= 4 is 22.9 Å².